The predicted octanol–water partition coefficient (Wildman–Crippen LogP) is 1.70. The van der Waals surface area contributed by atoms with Crippen molar-refractivity contribution in [3.05, 3.63) is 18.0 Å². The van der Waals surface area contributed by atoms with Gasteiger partial charge >= 0.3 is 0 Å². The topological polar surface area (TPSA) is 71.8 Å². The van der Waals surface area contributed by atoms with Gasteiger partial charge in [-0.15, -0.1) is 0 Å². The minimum absolute atomic E-state index is 0.0956. The molecule has 1 saturated heterocycles. The predicted molar refractivity (Wildman–Crippen MR) is 98.5 cm³/mol. The van der Waals surface area contributed by atoms with E-state index in [1.807, 2.05) is 4.90 Å². The number of hydrogen-bond acceptors (Lipinski definition) is 4. The maximum Gasteiger partial charge on any atom is 0.270 e. The number of ether oxygens (including phenoxy) is 1. The highest BCUT2D eigenvalue weighted by atomic mass is 32.2. The van der Waals surface area contributed by atoms with E-state index in [9.17, 15) is 13.2 Å². The Morgan fingerprint density at radius 3 is 2.58 bits per heavy atom. The molecule has 0 N–H and O–H groups in total. The highest BCUT2D eigenvalue weighted by Crippen LogP contribution is 2.30. The van der Waals surface area contributed by atoms with Gasteiger partial charge in [-0.3, -0.25) is 4.79 Å². The molecule has 1 aliphatic carbocycles. The van der Waals surface area contributed by atoms with E-state index in [-0.39, 0.29) is 16.9 Å². The summed E-state index contributed by atoms with van der Waals surface area (Å²) >= 11 is 0. The van der Waals surface area contributed by atoms with Gasteiger partial charge in [-0.1, -0.05) is 19.3 Å². The maximum atomic E-state index is 13.0. The van der Waals surface area contributed by atoms with E-state index in [1.165, 1.54) is 58.5 Å². The molecule has 146 valence electrons. The Kier molecular flexibility index (Phi) is 5.74. The summed E-state index contributed by atoms with van der Waals surface area (Å²) in [7, 11) is 1.13. The Balaban J connectivity index is 1.75. The fourth-order valence-electron chi connectivity index (χ4n) is 3.91. The smallest absolute Gasteiger partial charge is 0.270 e. The van der Waals surface area contributed by atoms with Gasteiger partial charge in [0, 0.05) is 40.4 Å². The Hall–Kier alpha value is -1.38. The van der Waals surface area contributed by atoms with Crippen molar-refractivity contribution in [3.63, 3.8) is 0 Å². The Labute approximate surface area is 156 Å². The number of amides is 1. The monoisotopic (exact) mass is 383 g/mol. The molecular weight excluding hydrogens is 354 g/mol. The molecule has 7 nitrogen and oxygen atoms in total. The number of rotatable bonds is 4. The summed E-state index contributed by atoms with van der Waals surface area (Å²) in [5, 5.41) is 0. The van der Waals surface area contributed by atoms with Gasteiger partial charge < -0.3 is 14.2 Å². The lowest BCUT2D eigenvalue weighted by molar-refractivity contribution is -0.0564. The first-order valence-electron chi connectivity index (χ1n) is 9.30. The number of carbonyl (C=O) groups excluding carboxylic acids is 1. The summed E-state index contributed by atoms with van der Waals surface area (Å²) < 4.78 is 33.4. The molecule has 0 radical (unpaired) electrons. The van der Waals surface area contributed by atoms with Crippen LogP contribution in [0.15, 0.2) is 17.2 Å². The van der Waals surface area contributed by atoms with Crippen LogP contribution >= 0.6 is 0 Å². The summed E-state index contributed by atoms with van der Waals surface area (Å²) in [5.74, 6) is 0.397. The van der Waals surface area contributed by atoms with Crippen LogP contribution in [0.1, 0.15) is 42.6 Å². The normalized spacial score (nSPS) is 22.8. The number of aromatic nitrogens is 1. The first kappa shape index (κ1) is 19.4. The highest BCUT2D eigenvalue weighted by molar-refractivity contribution is 7.89. The van der Waals surface area contributed by atoms with Gasteiger partial charge in [-0.05, 0) is 24.8 Å². The average molecular weight is 384 g/mol. The van der Waals surface area contributed by atoms with Crippen LogP contribution in [0.5, 0.6) is 0 Å². The lowest BCUT2D eigenvalue weighted by Gasteiger charge is -2.38. The minimum atomic E-state index is -3.55. The summed E-state index contributed by atoms with van der Waals surface area (Å²) in [4.78, 5) is 15.0. The molecule has 1 saturated carbocycles. The number of hydrogen-bond donors (Lipinski definition) is 0. The van der Waals surface area contributed by atoms with Crippen LogP contribution in [-0.4, -0.2) is 68.0 Å². The van der Waals surface area contributed by atoms with E-state index < -0.39 is 10.0 Å². The summed E-state index contributed by atoms with van der Waals surface area (Å²) in [6.45, 7) is 1.67. The average Bonchev–Trinajstić information content (AvgIpc) is 3.04. The number of morpholine rings is 1. The standard InChI is InChI=1S/C18H29N3O4S/c1-19(2)26(23,24)15-11-16(20(3)12-15)18(22)21-9-10-25-17(13-21)14-7-5-4-6-8-14/h11-12,14,17H,4-10,13H2,1-3H3. The molecule has 0 bridgehead atoms. The van der Waals surface area contributed by atoms with Gasteiger partial charge in [0.15, 0.2) is 0 Å². The highest BCUT2D eigenvalue weighted by Gasteiger charge is 2.33. The van der Waals surface area contributed by atoms with Crippen LogP contribution in [0.3, 0.4) is 0 Å². The molecule has 2 fully saturated rings. The van der Waals surface area contributed by atoms with E-state index >= 15 is 0 Å². The molecule has 2 aliphatic rings. The molecule has 0 aromatic carbocycles. The summed E-state index contributed by atoms with van der Waals surface area (Å²) in [5.41, 5.74) is 0.398. The molecule has 1 unspecified atom stereocenters. The van der Waals surface area contributed by atoms with Gasteiger partial charge in [0.1, 0.15) is 10.6 Å². The maximum absolute atomic E-state index is 13.0. The lowest BCUT2D eigenvalue weighted by Crippen LogP contribution is -2.48. The summed E-state index contributed by atoms with van der Waals surface area (Å²) in [6.07, 6.45) is 7.70. The number of nitrogens with zero attached hydrogens (tertiary/aromatic N) is 3. The van der Waals surface area contributed by atoms with Crippen molar-refractivity contribution in [2.45, 2.75) is 43.1 Å². The number of sulfonamides is 1. The molecule has 3 rings (SSSR count). The second kappa shape index (κ2) is 7.70. The third-order valence-corrected chi connectivity index (χ3v) is 7.31. The lowest BCUT2D eigenvalue weighted by atomic mass is 9.84. The fourth-order valence-corrected chi connectivity index (χ4v) is 4.89. The Morgan fingerprint density at radius 2 is 1.92 bits per heavy atom. The van der Waals surface area contributed by atoms with E-state index in [2.05, 4.69) is 0 Å². The van der Waals surface area contributed by atoms with Crippen LogP contribution in [0.25, 0.3) is 0 Å². The summed E-state index contributed by atoms with van der Waals surface area (Å²) in [6, 6.07) is 1.47. The molecule has 26 heavy (non-hydrogen) atoms. The van der Waals surface area contributed by atoms with Gasteiger partial charge in [0.05, 0.1) is 12.7 Å². The second-order valence-corrected chi connectivity index (χ2v) is 9.67. The van der Waals surface area contributed by atoms with Crippen molar-refractivity contribution in [1.29, 1.82) is 0 Å². The van der Waals surface area contributed by atoms with Crippen molar-refractivity contribution >= 4 is 15.9 Å². The number of aryl methyl sites for hydroxylation is 1. The molecule has 8 heteroatoms. The zero-order valence-electron chi connectivity index (χ0n) is 15.8. The molecule has 2 heterocycles. The first-order chi connectivity index (χ1) is 12.3. The minimum Gasteiger partial charge on any atom is -0.374 e. The molecule has 1 amide bonds. The molecule has 1 atom stereocenters. The SMILES string of the molecule is CN(C)S(=O)(=O)c1cc(C(=O)N2CCOC(C3CCCCC3)C2)n(C)c1. The van der Waals surface area contributed by atoms with Crippen molar-refractivity contribution in [2.24, 2.45) is 13.0 Å². The molecule has 0 spiro atoms. The Bertz CT molecular complexity index is 750. The van der Waals surface area contributed by atoms with Crippen LogP contribution < -0.4 is 0 Å². The van der Waals surface area contributed by atoms with Crippen molar-refractivity contribution in [2.75, 3.05) is 33.8 Å². The van der Waals surface area contributed by atoms with Gasteiger partial charge in [-0.25, -0.2) is 12.7 Å². The van der Waals surface area contributed by atoms with Gasteiger partial charge in [-0.2, -0.15) is 0 Å². The molecular formula is C18H29N3O4S. The largest absolute Gasteiger partial charge is 0.374 e. The van der Waals surface area contributed by atoms with Crippen LogP contribution in [-0.2, 0) is 21.8 Å². The van der Waals surface area contributed by atoms with Crippen LogP contribution in [0.4, 0.5) is 0 Å². The fraction of sp³-hybridized carbons (Fsp3) is 0.722. The zero-order valence-corrected chi connectivity index (χ0v) is 16.7. The van der Waals surface area contributed by atoms with E-state index in [0.717, 1.165) is 4.31 Å². The first-order valence-corrected chi connectivity index (χ1v) is 10.7. The second-order valence-electron chi connectivity index (χ2n) is 7.52. The van der Waals surface area contributed by atoms with E-state index in [4.69, 9.17) is 4.74 Å². The van der Waals surface area contributed by atoms with E-state index in [1.54, 1.807) is 11.6 Å². The zero-order chi connectivity index (χ0) is 18.9. The molecule has 1 aliphatic heterocycles. The molecule has 1 aromatic rings. The van der Waals surface area contributed by atoms with Crippen molar-refractivity contribution < 1.29 is 17.9 Å². The third kappa shape index (κ3) is 3.82. The van der Waals surface area contributed by atoms with E-state index in [0.29, 0.717) is 31.3 Å². The van der Waals surface area contributed by atoms with Gasteiger partial charge in [0.2, 0.25) is 10.0 Å². The van der Waals surface area contributed by atoms with Crippen molar-refractivity contribution in [3.8, 4) is 0 Å². The van der Waals surface area contributed by atoms with Gasteiger partial charge in [0.25, 0.3) is 5.91 Å². The van der Waals surface area contributed by atoms with Crippen LogP contribution in [0, 0.1) is 5.92 Å². The van der Waals surface area contributed by atoms with Crippen molar-refractivity contribution in [1.82, 2.24) is 13.8 Å². The quantitative estimate of drug-likeness (QED) is 0.793. The third-order valence-electron chi connectivity index (χ3n) is 5.53. The number of carbonyl (C=O) groups is 1. The Morgan fingerprint density at radius 1 is 1.23 bits per heavy atom. The van der Waals surface area contributed by atoms with Crippen LogP contribution in [0.2, 0.25) is 0 Å². The molecule has 1 aromatic heterocycles.